The molecule has 0 fully saturated rings. The molecule has 0 aliphatic heterocycles. The van der Waals surface area contributed by atoms with Gasteiger partial charge < -0.3 is 10.5 Å². The standard InChI is InChI=1S/C14H23FN2O/c1-11(2)9-17(7-6-16)10-12-4-5-13(18-3)8-14(12)15/h4-5,8,11H,6-7,9-10,16H2,1-3H3. The predicted molar refractivity (Wildman–Crippen MR) is 72.1 cm³/mol. The van der Waals surface area contributed by atoms with Crippen molar-refractivity contribution < 1.29 is 9.13 Å². The van der Waals surface area contributed by atoms with Crippen LogP contribution in [-0.4, -0.2) is 31.6 Å². The second-order valence-corrected chi connectivity index (χ2v) is 4.87. The van der Waals surface area contributed by atoms with Gasteiger partial charge in [0.05, 0.1) is 7.11 Å². The highest BCUT2D eigenvalue weighted by atomic mass is 19.1. The van der Waals surface area contributed by atoms with Gasteiger partial charge in [0.2, 0.25) is 0 Å². The van der Waals surface area contributed by atoms with E-state index in [9.17, 15) is 4.39 Å². The van der Waals surface area contributed by atoms with Crippen molar-refractivity contribution in [2.24, 2.45) is 11.7 Å². The first-order valence-electron chi connectivity index (χ1n) is 6.31. The first kappa shape index (κ1) is 14.9. The third-order valence-corrected chi connectivity index (χ3v) is 2.72. The fourth-order valence-electron chi connectivity index (χ4n) is 1.96. The van der Waals surface area contributed by atoms with E-state index in [1.165, 1.54) is 13.2 Å². The van der Waals surface area contributed by atoms with Crippen molar-refractivity contribution in [2.75, 3.05) is 26.7 Å². The lowest BCUT2D eigenvalue weighted by Crippen LogP contribution is -2.32. The third kappa shape index (κ3) is 4.63. The van der Waals surface area contributed by atoms with Crippen LogP contribution in [0.3, 0.4) is 0 Å². The number of ether oxygens (including phenoxy) is 1. The highest BCUT2D eigenvalue weighted by molar-refractivity contribution is 5.28. The molecule has 1 aromatic rings. The SMILES string of the molecule is COc1ccc(CN(CCN)CC(C)C)c(F)c1. The van der Waals surface area contributed by atoms with Crippen LogP contribution < -0.4 is 10.5 Å². The van der Waals surface area contributed by atoms with Gasteiger partial charge >= 0.3 is 0 Å². The molecule has 1 aromatic carbocycles. The zero-order valence-electron chi connectivity index (χ0n) is 11.4. The minimum absolute atomic E-state index is 0.222. The first-order valence-corrected chi connectivity index (χ1v) is 6.31. The lowest BCUT2D eigenvalue weighted by molar-refractivity contribution is 0.239. The van der Waals surface area contributed by atoms with Crippen molar-refractivity contribution in [3.05, 3.63) is 29.6 Å². The Balaban J connectivity index is 2.73. The van der Waals surface area contributed by atoms with Crippen molar-refractivity contribution in [3.63, 3.8) is 0 Å². The van der Waals surface area contributed by atoms with E-state index in [0.717, 1.165) is 13.1 Å². The maximum Gasteiger partial charge on any atom is 0.131 e. The number of halogens is 1. The summed E-state index contributed by atoms with van der Waals surface area (Å²) < 4.78 is 18.8. The Morgan fingerprint density at radius 1 is 1.39 bits per heavy atom. The van der Waals surface area contributed by atoms with Gasteiger partial charge in [-0.15, -0.1) is 0 Å². The molecular weight excluding hydrogens is 231 g/mol. The summed E-state index contributed by atoms with van der Waals surface area (Å²) >= 11 is 0. The Kier molecular flexibility index (Phi) is 6.09. The first-order chi connectivity index (χ1) is 8.56. The largest absolute Gasteiger partial charge is 0.497 e. The van der Waals surface area contributed by atoms with Gasteiger partial charge in [0.15, 0.2) is 0 Å². The van der Waals surface area contributed by atoms with E-state index in [4.69, 9.17) is 10.5 Å². The van der Waals surface area contributed by atoms with E-state index in [1.807, 2.05) is 0 Å². The number of benzene rings is 1. The highest BCUT2D eigenvalue weighted by Gasteiger charge is 2.11. The van der Waals surface area contributed by atoms with Gasteiger partial charge in [-0.25, -0.2) is 4.39 Å². The smallest absolute Gasteiger partial charge is 0.131 e. The molecule has 0 unspecified atom stereocenters. The van der Waals surface area contributed by atoms with Gasteiger partial charge in [-0.1, -0.05) is 19.9 Å². The van der Waals surface area contributed by atoms with Crippen molar-refractivity contribution in [2.45, 2.75) is 20.4 Å². The number of nitrogens with zero attached hydrogens (tertiary/aromatic N) is 1. The van der Waals surface area contributed by atoms with Crippen molar-refractivity contribution in [1.29, 1.82) is 0 Å². The predicted octanol–water partition coefficient (Wildman–Crippen LogP) is 2.25. The van der Waals surface area contributed by atoms with E-state index >= 15 is 0 Å². The number of methoxy groups -OCH3 is 1. The number of hydrogen-bond acceptors (Lipinski definition) is 3. The second-order valence-electron chi connectivity index (χ2n) is 4.87. The normalized spacial score (nSPS) is 11.3. The Bertz CT molecular complexity index is 369. The van der Waals surface area contributed by atoms with Crippen LogP contribution in [0.15, 0.2) is 18.2 Å². The summed E-state index contributed by atoms with van der Waals surface area (Å²) in [5, 5.41) is 0. The van der Waals surface area contributed by atoms with Crippen LogP contribution in [0.2, 0.25) is 0 Å². The molecule has 0 atom stereocenters. The fourth-order valence-corrected chi connectivity index (χ4v) is 1.96. The van der Waals surface area contributed by atoms with Gasteiger partial charge in [0.25, 0.3) is 0 Å². The van der Waals surface area contributed by atoms with Crippen molar-refractivity contribution in [1.82, 2.24) is 4.90 Å². The molecule has 0 amide bonds. The van der Waals surface area contributed by atoms with E-state index in [2.05, 4.69) is 18.7 Å². The monoisotopic (exact) mass is 254 g/mol. The minimum atomic E-state index is -0.222. The summed E-state index contributed by atoms with van der Waals surface area (Å²) in [7, 11) is 1.54. The molecular formula is C14H23FN2O. The maximum absolute atomic E-state index is 13.8. The summed E-state index contributed by atoms with van der Waals surface area (Å²) in [5.74, 6) is 0.864. The minimum Gasteiger partial charge on any atom is -0.497 e. The highest BCUT2D eigenvalue weighted by Crippen LogP contribution is 2.18. The molecule has 102 valence electrons. The Morgan fingerprint density at radius 3 is 2.61 bits per heavy atom. The summed E-state index contributed by atoms with van der Waals surface area (Å²) in [6, 6.07) is 4.98. The molecule has 2 N–H and O–H groups in total. The van der Waals surface area contributed by atoms with Crippen LogP contribution in [0.1, 0.15) is 19.4 Å². The zero-order valence-corrected chi connectivity index (χ0v) is 11.4. The van der Waals surface area contributed by atoms with Crippen LogP contribution in [0, 0.1) is 11.7 Å². The van der Waals surface area contributed by atoms with Crippen LogP contribution >= 0.6 is 0 Å². The summed E-state index contributed by atoms with van der Waals surface area (Å²) in [6.07, 6.45) is 0. The maximum atomic E-state index is 13.8. The molecule has 0 spiro atoms. The van der Waals surface area contributed by atoms with Crippen molar-refractivity contribution >= 4 is 0 Å². The summed E-state index contributed by atoms with van der Waals surface area (Å²) in [6.45, 7) is 7.17. The molecule has 0 saturated heterocycles. The fraction of sp³-hybridized carbons (Fsp3) is 0.571. The molecule has 1 rings (SSSR count). The topological polar surface area (TPSA) is 38.5 Å². The van der Waals surface area contributed by atoms with Gasteiger partial charge in [-0.2, -0.15) is 0 Å². The number of nitrogens with two attached hydrogens (primary N) is 1. The average Bonchev–Trinajstić information content (AvgIpc) is 2.31. The second kappa shape index (κ2) is 7.34. The number of rotatable bonds is 7. The molecule has 0 aromatic heterocycles. The molecule has 0 saturated carbocycles. The lowest BCUT2D eigenvalue weighted by Gasteiger charge is -2.24. The van der Waals surface area contributed by atoms with E-state index in [0.29, 0.717) is 30.3 Å². The third-order valence-electron chi connectivity index (χ3n) is 2.72. The van der Waals surface area contributed by atoms with Gasteiger partial charge in [0.1, 0.15) is 11.6 Å². The quantitative estimate of drug-likeness (QED) is 0.811. The molecule has 3 nitrogen and oxygen atoms in total. The van der Waals surface area contributed by atoms with E-state index in [-0.39, 0.29) is 5.82 Å². The molecule has 0 heterocycles. The Morgan fingerprint density at radius 2 is 2.11 bits per heavy atom. The molecule has 18 heavy (non-hydrogen) atoms. The average molecular weight is 254 g/mol. The van der Waals surface area contributed by atoms with Crippen LogP contribution in [-0.2, 0) is 6.54 Å². The van der Waals surface area contributed by atoms with E-state index < -0.39 is 0 Å². The van der Waals surface area contributed by atoms with Gasteiger partial charge in [-0.05, 0) is 12.0 Å². The van der Waals surface area contributed by atoms with Crippen molar-refractivity contribution in [3.8, 4) is 5.75 Å². The molecule has 0 bridgehead atoms. The molecule has 0 aliphatic rings. The van der Waals surface area contributed by atoms with Gasteiger partial charge in [0, 0.05) is 37.8 Å². The zero-order chi connectivity index (χ0) is 13.5. The number of hydrogen-bond donors (Lipinski definition) is 1. The summed E-state index contributed by atoms with van der Waals surface area (Å²) in [4.78, 5) is 2.18. The molecule has 0 radical (unpaired) electrons. The van der Waals surface area contributed by atoms with Crippen LogP contribution in [0.5, 0.6) is 5.75 Å². The molecule has 0 aliphatic carbocycles. The van der Waals surface area contributed by atoms with Gasteiger partial charge in [-0.3, -0.25) is 4.90 Å². The molecule has 4 heteroatoms. The van der Waals surface area contributed by atoms with E-state index in [1.54, 1.807) is 12.1 Å². The summed E-state index contributed by atoms with van der Waals surface area (Å²) in [5.41, 5.74) is 6.27. The van der Waals surface area contributed by atoms with Crippen LogP contribution in [0.4, 0.5) is 4.39 Å². The lowest BCUT2D eigenvalue weighted by atomic mass is 10.1. The Hall–Kier alpha value is -1.13. The van der Waals surface area contributed by atoms with Crippen LogP contribution in [0.25, 0.3) is 0 Å². The Labute approximate surface area is 109 Å².